The molecular formula is C59H107NO10. The lowest BCUT2D eigenvalue weighted by molar-refractivity contribution is -0.303. The molecule has 9 atom stereocenters. The Morgan fingerprint density at radius 1 is 0.500 bits per heavy atom. The minimum atomic E-state index is -1.68. The van der Waals surface area contributed by atoms with E-state index in [1.54, 1.807) is 0 Å². The number of unbranched alkanes of at least 4 members (excludes halogenated alkanes) is 26. The van der Waals surface area contributed by atoms with Crippen molar-refractivity contribution in [2.24, 2.45) is 0 Å². The summed E-state index contributed by atoms with van der Waals surface area (Å²) in [5, 5.41) is 76.0. The van der Waals surface area contributed by atoms with Gasteiger partial charge in [0.05, 0.1) is 25.4 Å². The third-order valence-electron chi connectivity index (χ3n) is 13.5. The van der Waals surface area contributed by atoms with Crippen LogP contribution in [0.4, 0.5) is 0 Å². The van der Waals surface area contributed by atoms with Crippen molar-refractivity contribution >= 4 is 5.91 Å². The second-order valence-electron chi connectivity index (χ2n) is 20.0. The lowest BCUT2D eigenvalue weighted by Gasteiger charge is -2.40. The summed E-state index contributed by atoms with van der Waals surface area (Å²) in [5.41, 5.74) is 0. The highest BCUT2D eigenvalue weighted by Gasteiger charge is 2.44. The van der Waals surface area contributed by atoms with Crippen molar-refractivity contribution in [3.05, 3.63) is 60.8 Å². The third kappa shape index (κ3) is 35.8. The van der Waals surface area contributed by atoms with E-state index in [1.165, 1.54) is 116 Å². The first kappa shape index (κ1) is 65.8. The molecule has 11 nitrogen and oxygen atoms in total. The largest absolute Gasteiger partial charge is 0.394 e. The quantitative estimate of drug-likeness (QED) is 0.0215. The second-order valence-corrected chi connectivity index (χ2v) is 20.0. The summed E-state index contributed by atoms with van der Waals surface area (Å²) in [5.74, 6) is -0.722. The van der Waals surface area contributed by atoms with E-state index in [1.807, 2.05) is 0 Å². The Morgan fingerprint density at radius 2 is 0.900 bits per heavy atom. The summed E-state index contributed by atoms with van der Waals surface area (Å²) in [4.78, 5) is 13.1. The summed E-state index contributed by atoms with van der Waals surface area (Å²) >= 11 is 0. The number of nitrogens with one attached hydrogen (secondary N) is 1. The molecule has 70 heavy (non-hydrogen) atoms. The molecule has 408 valence electrons. The van der Waals surface area contributed by atoms with Crippen LogP contribution in [0.3, 0.4) is 0 Å². The standard InChI is InChI=1S/C59H107NO10/c1-3-5-7-9-11-13-15-17-19-21-22-23-24-25-26-27-28-29-30-31-33-34-36-38-40-42-44-46-51(62)54(64)50(49-69-59-57(67)56(66)55(65)53(48-61)70-59)60-58(68)52(63)47-45-43-41-39-37-35-32-20-18-16-14-12-10-8-6-4-2/h12,14,18,20,27-28,31,33,38,40,50-57,59,61-67H,3-11,13,15-17,19,21-26,29-30,32,34-37,39,41-49H2,1-2H3,(H,60,68)/b14-12-,20-18-,28-27+,33-31+,40-38+. The van der Waals surface area contributed by atoms with Crippen LogP contribution in [0.1, 0.15) is 239 Å². The Bertz CT molecular complexity index is 1320. The van der Waals surface area contributed by atoms with Crippen LogP contribution in [0, 0.1) is 0 Å². The highest BCUT2D eigenvalue weighted by molar-refractivity contribution is 5.80. The monoisotopic (exact) mass is 990 g/mol. The molecule has 11 heteroatoms. The average Bonchev–Trinajstić information content (AvgIpc) is 3.36. The van der Waals surface area contributed by atoms with Gasteiger partial charge in [-0.15, -0.1) is 0 Å². The molecule has 1 amide bonds. The normalized spacial score (nSPS) is 20.7. The highest BCUT2D eigenvalue weighted by Crippen LogP contribution is 2.23. The van der Waals surface area contributed by atoms with Crippen molar-refractivity contribution in [1.29, 1.82) is 0 Å². The van der Waals surface area contributed by atoms with Crippen molar-refractivity contribution in [1.82, 2.24) is 5.32 Å². The molecule has 0 spiro atoms. The van der Waals surface area contributed by atoms with Crippen LogP contribution < -0.4 is 5.32 Å². The van der Waals surface area contributed by atoms with Crippen LogP contribution in [0.15, 0.2) is 60.8 Å². The maximum atomic E-state index is 13.1. The van der Waals surface area contributed by atoms with Gasteiger partial charge in [0.25, 0.3) is 0 Å². The van der Waals surface area contributed by atoms with E-state index in [4.69, 9.17) is 9.47 Å². The van der Waals surface area contributed by atoms with Crippen LogP contribution in [0.25, 0.3) is 0 Å². The maximum absolute atomic E-state index is 13.1. The first-order valence-corrected chi connectivity index (χ1v) is 28.7. The number of aliphatic hydroxyl groups is 7. The van der Waals surface area contributed by atoms with Gasteiger partial charge >= 0.3 is 0 Å². The SMILES string of the molecule is CCCCC/C=C\C/C=C\CCCCCCCCC(O)C(=O)NC(COC1OC(CO)C(O)C(O)C1O)C(O)C(O)CCC/C=C/CC/C=C/CC/C=C/CCCCCCCCCCCCCCCC. The van der Waals surface area contributed by atoms with Gasteiger partial charge in [-0.05, 0) is 96.3 Å². The topological polar surface area (TPSA) is 189 Å². The van der Waals surface area contributed by atoms with Gasteiger partial charge in [-0.3, -0.25) is 4.79 Å². The molecular weight excluding hydrogens is 883 g/mol. The van der Waals surface area contributed by atoms with Gasteiger partial charge in [0.1, 0.15) is 36.6 Å². The van der Waals surface area contributed by atoms with E-state index in [0.717, 1.165) is 77.0 Å². The predicted octanol–water partition coefficient (Wildman–Crippen LogP) is 11.8. The number of aliphatic hydroxyl groups excluding tert-OH is 7. The fourth-order valence-corrected chi connectivity index (χ4v) is 8.80. The average molecular weight is 991 g/mol. The zero-order valence-electron chi connectivity index (χ0n) is 44.5. The predicted molar refractivity (Wildman–Crippen MR) is 288 cm³/mol. The van der Waals surface area contributed by atoms with Gasteiger partial charge in [0, 0.05) is 0 Å². The number of ether oxygens (including phenoxy) is 2. The van der Waals surface area contributed by atoms with Crippen molar-refractivity contribution in [3.8, 4) is 0 Å². The Hall–Kier alpha value is -2.19. The van der Waals surface area contributed by atoms with E-state index >= 15 is 0 Å². The van der Waals surface area contributed by atoms with Gasteiger partial charge in [0.15, 0.2) is 6.29 Å². The number of carbonyl (C=O) groups is 1. The van der Waals surface area contributed by atoms with Crippen LogP contribution in [-0.2, 0) is 14.3 Å². The van der Waals surface area contributed by atoms with Crippen molar-refractivity contribution in [2.45, 2.75) is 294 Å². The molecule has 0 aromatic heterocycles. The molecule has 0 saturated carbocycles. The Morgan fingerprint density at radius 3 is 1.39 bits per heavy atom. The lowest BCUT2D eigenvalue weighted by atomic mass is 9.98. The van der Waals surface area contributed by atoms with Gasteiger partial charge in [-0.25, -0.2) is 0 Å². The number of rotatable bonds is 48. The zero-order valence-corrected chi connectivity index (χ0v) is 44.5. The van der Waals surface area contributed by atoms with Gasteiger partial charge in [-0.2, -0.15) is 0 Å². The molecule has 1 aliphatic heterocycles. The van der Waals surface area contributed by atoms with Gasteiger partial charge < -0.3 is 50.5 Å². The van der Waals surface area contributed by atoms with Crippen molar-refractivity contribution < 1.29 is 50.0 Å². The van der Waals surface area contributed by atoms with E-state index in [2.05, 4.69) is 79.9 Å². The molecule has 0 aliphatic carbocycles. The smallest absolute Gasteiger partial charge is 0.249 e. The lowest BCUT2D eigenvalue weighted by Crippen LogP contribution is -2.60. The minimum absolute atomic E-state index is 0.235. The van der Waals surface area contributed by atoms with Crippen molar-refractivity contribution in [3.63, 3.8) is 0 Å². The number of carbonyl (C=O) groups excluding carboxylic acids is 1. The van der Waals surface area contributed by atoms with E-state index in [9.17, 15) is 40.5 Å². The Labute approximate surface area is 427 Å². The first-order chi connectivity index (χ1) is 34.2. The molecule has 0 aromatic rings. The number of amides is 1. The van der Waals surface area contributed by atoms with Crippen molar-refractivity contribution in [2.75, 3.05) is 13.2 Å². The van der Waals surface area contributed by atoms with E-state index < -0.39 is 74.2 Å². The fraction of sp³-hybridized carbons (Fsp3) is 0.814. The Kier molecular flexibility index (Phi) is 44.9. The fourth-order valence-electron chi connectivity index (χ4n) is 8.80. The summed E-state index contributed by atoms with van der Waals surface area (Å²) < 4.78 is 11.1. The number of hydrogen-bond acceptors (Lipinski definition) is 10. The second kappa shape index (κ2) is 47.8. The molecule has 1 fully saturated rings. The van der Waals surface area contributed by atoms with Crippen LogP contribution in [0.5, 0.6) is 0 Å². The Balaban J connectivity index is 2.36. The summed E-state index contributed by atoms with van der Waals surface area (Å²) in [6, 6.07) is -1.20. The van der Waals surface area contributed by atoms with Crippen LogP contribution in [0.2, 0.25) is 0 Å². The van der Waals surface area contributed by atoms with Crippen LogP contribution >= 0.6 is 0 Å². The molecule has 9 unspecified atom stereocenters. The zero-order chi connectivity index (χ0) is 51.1. The molecule has 1 saturated heterocycles. The highest BCUT2D eigenvalue weighted by atomic mass is 16.7. The van der Waals surface area contributed by atoms with E-state index in [0.29, 0.717) is 19.3 Å². The number of allylic oxidation sites excluding steroid dienone is 10. The molecule has 1 heterocycles. The summed E-state index contributed by atoms with van der Waals surface area (Å²) in [6.07, 6.45) is 49.9. The van der Waals surface area contributed by atoms with Gasteiger partial charge in [-0.1, -0.05) is 203 Å². The molecule has 1 aliphatic rings. The van der Waals surface area contributed by atoms with Crippen LogP contribution in [-0.4, -0.2) is 110 Å². The number of hydrogen-bond donors (Lipinski definition) is 8. The van der Waals surface area contributed by atoms with E-state index in [-0.39, 0.29) is 12.8 Å². The molecule has 8 N–H and O–H groups in total. The minimum Gasteiger partial charge on any atom is -0.394 e. The molecule has 1 rings (SSSR count). The van der Waals surface area contributed by atoms with Gasteiger partial charge in [0.2, 0.25) is 5.91 Å². The maximum Gasteiger partial charge on any atom is 0.249 e. The summed E-state index contributed by atoms with van der Waals surface area (Å²) in [6.45, 7) is 3.41. The summed E-state index contributed by atoms with van der Waals surface area (Å²) in [7, 11) is 0. The third-order valence-corrected chi connectivity index (χ3v) is 13.5. The first-order valence-electron chi connectivity index (χ1n) is 28.7. The molecule has 0 aromatic carbocycles. The molecule has 0 bridgehead atoms. The molecule has 0 radical (unpaired) electrons.